The van der Waals surface area contributed by atoms with Crippen molar-refractivity contribution in [3.8, 4) is 0 Å². The average molecular weight is 271 g/mol. The van der Waals surface area contributed by atoms with Gasteiger partial charge in [0.2, 0.25) is 0 Å². The first-order chi connectivity index (χ1) is 9.68. The van der Waals surface area contributed by atoms with Crippen LogP contribution in [0.1, 0.15) is 16.1 Å². The number of carbonyl (C=O) groups is 2. The van der Waals surface area contributed by atoms with Gasteiger partial charge in [0, 0.05) is 42.8 Å². The van der Waals surface area contributed by atoms with Gasteiger partial charge in [-0.2, -0.15) is 0 Å². The number of H-pyrrole nitrogens is 1. The lowest BCUT2D eigenvalue weighted by atomic mass is 10.1. The van der Waals surface area contributed by atoms with Crippen molar-refractivity contribution in [1.82, 2.24) is 15.2 Å². The molecule has 2 aromatic rings. The number of aromatic nitrogens is 1. The van der Waals surface area contributed by atoms with Crippen LogP contribution in [0.15, 0.2) is 24.3 Å². The second kappa shape index (κ2) is 5.09. The highest BCUT2D eigenvalue weighted by molar-refractivity contribution is 6.45. The number of nitrogens with one attached hydrogen (secondary N) is 2. The zero-order chi connectivity index (χ0) is 14.1. The van der Waals surface area contributed by atoms with Crippen LogP contribution in [0.4, 0.5) is 0 Å². The molecule has 1 aromatic carbocycles. The largest absolute Gasteiger partial charge is 0.358 e. The minimum absolute atomic E-state index is 0.403. The smallest absolute Gasteiger partial charge is 0.295 e. The lowest BCUT2D eigenvalue weighted by Crippen LogP contribution is -2.48. The van der Waals surface area contributed by atoms with E-state index >= 15 is 0 Å². The van der Waals surface area contributed by atoms with Gasteiger partial charge < -0.3 is 15.2 Å². The average Bonchev–Trinajstić information content (AvgIpc) is 2.82. The second-order valence-electron chi connectivity index (χ2n) is 5.04. The van der Waals surface area contributed by atoms with Gasteiger partial charge in [-0.1, -0.05) is 18.2 Å². The highest BCUT2D eigenvalue weighted by Crippen LogP contribution is 2.22. The number of hydrogen-bond acceptors (Lipinski definition) is 3. The third-order valence-electron chi connectivity index (χ3n) is 3.72. The van der Waals surface area contributed by atoms with Crippen LogP contribution < -0.4 is 5.32 Å². The summed E-state index contributed by atoms with van der Waals surface area (Å²) in [6.45, 7) is 4.49. The van der Waals surface area contributed by atoms with Crippen LogP contribution in [0.3, 0.4) is 0 Å². The van der Waals surface area contributed by atoms with Gasteiger partial charge in [-0.05, 0) is 13.0 Å². The van der Waals surface area contributed by atoms with E-state index in [-0.39, 0.29) is 0 Å². The molecule has 2 N–H and O–H groups in total. The molecule has 20 heavy (non-hydrogen) atoms. The first-order valence-electron chi connectivity index (χ1n) is 6.80. The number of piperazine rings is 1. The monoisotopic (exact) mass is 271 g/mol. The highest BCUT2D eigenvalue weighted by Gasteiger charge is 2.27. The summed E-state index contributed by atoms with van der Waals surface area (Å²) in [5.41, 5.74) is 2.14. The standard InChI is InChI=1S/C15H17N3O2/c1-10-13(11-4-2-3-5-12(11)17-10)14(19)15(20)18-8-6-16-7-9-18/h2-5,16-17H,6-9H2,1H3. The molecule has 1 amide bonds. The summed E-state index contributed by atoms with van der Waals surface area (Å²) >= 11 is 0. The molecule has 2 heterocycles. The predicted molar refractivity (Wildman–Crippen MR) is 76.8 cm³/mol. The fourth-order valence-electron chi connectivity index (χ4n) is 2.69. The Morgan fingerprint density at radius 1 is 1.15 bits per heavy atom. The Morgan fingerprint density at radius 2 is 1.85 bits per heavy atom. The van der Waals surface area contributed by atoms with E-state index in [1.54, 1.807) is 4.90 Å². The van der Waals surface area contributed by atoms with Crippen molar-refractivity contribution in [2.24, 2.45) is 0 Å². The fraction of sp³-hybridized carbons (Fsp3) is 0.333. The first-order valence-corrected chi connectivity index (χ1v) is 6.80. The van der Waals surface area contributed by atoms with Gasteiger partial charge in [-0.25, -0.2) is 0 Å². The Balaban J connectivity index is 1.95. The van der Waals surface area contributed by atoms with E-state index in [9.17, 15) is 9.59 Å². The molecule has 0 radical (unpaired) electrons. The van der Waals surface area contributed by atoms with Crippen molar-refractivity contribution in [3.63, 3.8) is 0 Å². The zero-order valence-electron chi connectivity index (χ0n) is 11.4. The maximum atomic E-state index is 12.5. The van der Waals surface area contributed by atoms with Gasteiger partial charge >= 0.3 is 0 Å². The van der Waals surface area contributed by atoms with Gasteiger partial charge in [-0.3, -0.25) is 9.59 Å². The van der Waals surface area contributed by atoms with Crippen LogP contribution in [0.25, 0.3) is 10.9 Å². The summed E-state index contributed by atoms with van der Waals surface area (Å²) in [5.74, 6) is -0.818. The normalized spacial score (nSPS) is 15.6. The maximum Gasteiger partial charge on any atom is 0.295 e. The number of hydrogen-bond donors (Lipinski definition) is 2. The van der Waals surface area contributed by atoms with Crippen LogP contribution in [-0.2, 0) is 4.79 Å². The summed E-state index contributed by atoms with van der Waals surface area (Å²) in [6, 6.07) is 7.57. The first kappa shape index (κ1) is 12.9. The number of para-hydroxylation sites is 1. The predicted octanol–water partition coefficient (Wildman–Crippen LogP) is 1.09. The quantitative estimate of drug-likeness (QED) is 0.635. The summed E-state index contributed by atoms with van der Waals surface area (Å²) < 4.78 is 0. The molecule has 0 atom stereocenters. The lowest BCUT2D eigenvalue weighted by Gasteiger charge is -2.26. The van der Waals surface area contributed by atoms with Crippen molar-refractivity contribution < 1.29 is 9.59 Å². The van der Waals surface area contributed by atoms with Crippen molar-refractivity contribution in [2.75, 3.05) is 26.2 Å². The maximum absolute atomic E-state index is 12.5. The van der Waals surface area contributed by atoms with Crippen LogP contribution >= 0.6 is 0 Å². The van der Waals surface area contributed by atoms with Crippen molar-refractivity contribution >= 4 is 22.6 Å². The van der Waals surface area contributed by atoms with Crippen molar-refractivity contribution in [3.05, 3.63) is 35.5 Å². The molecule has 0 unspecified atom stereocenters. The van der Waals surface area contributed by atoms with Crippen LogP contribution in [0.5, 0.6) is 0 Å². The molecule has 5 nitrogen and oxygen atoms in total. The van der Waals surface area contributed by atoms with Crippen molar-refractivity contribution in [2.45, 2.75) is 6.92 Å². The molecular formula is C15H17N3O2. The van der Waals surface area contributed by atoms with Gasteiger partial charge in [0.05, 0.1) is 5.56 Å². The summed E-state index contributed by atoms with van der Waals surface area (Å²) in [6.07, 6.45) is 0. The summed E-state index contributed by atoms with van der Waals surface area (Å²) in [5, 5.41) is 3.99. The number of rotatable bonds is 2. The lowest BCUT2D eigenvalue weighted by molar-refractivity contribution is -0.126. The number of aryl methyl sites for hydroxylation is 1. The number of carbonyl (C=O) groups excluding carboxylic acids is 2. The van der Waals surface area contributed by atoms with E-state index in [1.165, 1.54) is 0 Å². The topological polar surface area (TPSA) is 65.2 Å². The molecule has 104 valence electrons. The van der Waals surface area contributed by atoms with Crippen LogP contribution in [0, 0.1) is 6.92 Å². The molecule has 0 bridgehead atoms. The molecule has 1 aromatic heterocycles. The Hall–Kier alpha value is -2.14. The SMILES string of the molecule is Cc1[nH]c2ccccc2c1C(=O)C(=O)N1CCNCC1. The van der Waals surface area contributed by atoms with E-state index in [2.05, 4.69) is 10.3 Å². The Labute approximate surface area is 117 Å². The minimum atomic E-state index is -0.415. The van der Waals surface area contributed by atoms with Gasteiger partial charge in [0.15, 0.2) is 0 Å². The number of aromatic amines is 1. The number of benzene rings is 1. The van der Waals surface area contributed by atoms with E-state index in [1.807, 2.05) is 31.2 Å². The number of Topliss-reactive ketones (excluding diaryl/α,β-unsaturated/α-hetero) is 1. The third kappa shape index (κ3) is 2.10. The number of fused-ring (bicyclic) bond motifs is 1. The van der Waals surface area contributed by atoms with E-state index in [0.717, 1.165) is 29.7 Å². The molecule has 0 saturated carbocycles. The van der Waals surface area contributed by atoms with Crippen LogP contribution in [0.2, 0.25) is 0 Å². The molecule has 1 aliphatic heterocycles. The second-order valence-corrected chi connectivity index (χ2v) is 5.04. The van der Waals surface area contributed by atoms with Gasteiger partial charge in [-0.15, -0.1) is 0 Å². The Morgan fingerprint density at radius 3 is 2.60 bits per heavy atom. The number of amides is 1. The Bertz CT molecular complexity index is 669. The molecule has 1 saturated heterocycles. The summed E-state index contributed by atoms with van der Waals surface area (Å²) in [7, 11) is 0. The molecule has 5 heteroatoms. The van der Waals surface area contributed by atoms with Crippen molar-refractivity contribution in [1.29, 1.82) is 0 Å². The Kier molecular flexibility index (Phi) is 3.28. The number of ketones is 1. The molecular weight excluding hydrogens is 254 g/mol. The molecule has 1 aliphatic rings. The summed E-state index contributed by atoms with van der Waals surface area (Å²) in [4.78, 5) is 29.6. The van der Waals surface area contributed by atoms with E-state index in [4.69, 9.17) is 0 Å². The van der Waals surface area contributed by atoms with Gasteiger partial charge in [0.25, 0.3) is 11.7 Å². The van der Waals surface area contributed by atoms with Crippen LogP contribution in [-0.4, -0.2) is 47.8 Å². The van der Waals surface area contributed by atoms with Gasteiger partial charge in [0.1, 0.15) is 0 Å². The third-order valence-corrected chi connectivity index (χ3v) is 3.72. The molecule has 1 fully saturated rings. The minimum Gasteiger partial charge on any atom is -0.358 e. The molecule has 0 spiro atoms. The fourth-order valence-corrected chi connectivity index (χ4v) is 2.69. The van der Waals surface area contributed by atoms with E-state index < -0.39 is 11.7 Å². The molecule has 0 aliphatic carbocycles. The van der Waals surface area contributed by atoms with E-state index in [0.29, 0.717) is 18.7 Å². The molecule has 3 rings (SSSR count). The number of nitrogens with zero attached hydrogens (tertiary/aromatic N) is 1. The zero-order valence-corrected chi connectivity index (χ0v) is 11.4. The highest BCUT2D eigenvalue weighted by atomic mass is 16.2.